The average Bonchev–Trinajstić information content (AvgIpc) is 2.60. The Morgan fingerprint density at radius 1 is 0.692 bits per heavy atom. The van der Waals surface area contributed by atoms with Crippen molar-refractivity contribution in [2.24, 2.45) is 9.98 Å². The van der Waals surface area contributed by atoms with Crippen LogP contribution in [-0.4, -0.2) is 17.4 Å². The van der Waals surface area contributed by atoms with Crippen LogP contribution in [0.25, 0.3) is 0 Å². The SMILES string of the molecule is Cc1cc(C=Nc2ccccc2)nc(C=Nc2ccccc2)c1.[Cl-].[Cl-].[Fe+2]. The Bertz CT molecular complexity index is 770. The van der Waals surface area contributed by atoms with Crippen molar-refractivity contribution in [2.75, 3.05) is 0 Å². The molecule has 3 rings (SSSR count). The Kier molecular flexibility index (Phi) is 11.5. The van der Waals surface area contributed by atoms with E-state index in [0.717, 1.165) is 28.3 Å². The van der Waals surface area contributed by atoms with Gasteiger partial charge in [-0.25, -0.2) is 4.98 Å². The van der Waals surface area contributed by atoms with E-state index in [9.17, 15) is 0 Å². The molecule has 3 nitrogen and oxygen atoms in total. The van der Waals surface area contributed by atoms with Crippen LogP contribution in [0.1, 0.15) is 17.0 Å². The van der Waals surface area contributed by atoms with Crippen molar-refractivity contribution in [3.63, 3.8) is 0 Å². The van der Waals surface area contributed by atoms with Gasteiger partial charge < -0.3 is 24.8 Å². The molecule has 26 heavy (non-hydrogen) atoms. The number of benzene rings is 2. The van der Waals surface area contributed by atoms with Crippen LogP contribution >= 0.6 is 0 Å². The van der Waals surface area contributed by atoms with Gasteiger partial charge in [0.2, 0.25) is 0 Å². The third-order valence-electron chi connectivity index (χ3n) is 3.21. The summed E-state index contributed by atoms with van der Waals surface area (Å²) in [7, 11) is 0. The maximum absolute atomic E-state index is 4.57. The summed E-state index contributed by atoms with van der Waals surface area (Å²) in [5.41, 5.74) is 4.60. The van der Waals surface area contributed by atoms with Gasteiger partial charge in [0.15, 0.2) is 0 Å². The molecular weight excluding hydrogens is 409 g/mol. The average molecular weight is 426 g/mol. The Hall–Kier alpha value is -1.97. The summed E-state index contributed by atoms with van der Waals surface area (Å²) in [5.74, 6) is 0. The van der Waals surface area contributed by atoms with Crippen molar-refractivity contribution < 1.29 is 41.9 Å². The molecule has 0 saturated carbocycles. The minimum Gasteiger partial charge on any atom is -1.00 e. The van der Waals surface area contributed by atoms with Crippen LogP contribution < -0.4 is 24.8 Å². The Balaban J connectivity index is 0.00000208. The van der Waals surface area contributed by atoms with Crippen molar-refractivity contribution in [1.29, 1.82) is 0 Å². The molecule has 0 aliphatic heterocycles. The number of halogens is 2. The van der Waals surface area contributed by atoms with E-state index in [2.05, 4.69) is 15.0 Å². The van der Waals surface area contributed by atoms with Gasteiger partial charge in [0, 0.05) is 0 Å². The summed E-state index contributed by atoms with van der Waals surface area (Å²) in [6.45, 7) is 2.04. The minimum absolute atomic E-state index is 0. The zero-order valence-corrected chi connectivity index (χ0v) is 16.7. The summed E-state index contributed by atoms with van der Waals surface area (Å²) in [6, 6.07) is 23.7. The van der Waals surface area contributed by atoms with Crippen molar-refractivity contribution in [3.8, 4) is 0 Å². The Morgan fingerprint density at radius 3 is 1.46 bits per heavy atom. The molecule has 3 aromatic rings. The number of para-hydroxylation sites is 2. The zero-order valence-electron chi connectivity index (χ0n) is 14.0. The van der Waals surface area contributed by atoms with Crippen LogP contribution in [0, 0.1) is 6.92 Å². The predicted octanol–water partition coefficient (Wildman–Crippen LogP) is -1.10. The maximum Gasteiger partial charge on any atom is 2.00 e. The molecule has 0 fully saturated rings. The van der Waals surface area contributed by atoms with Gasteiger partial charge in [-0.05, 0) is 48.9 Å². The number of hydrogen-bond acceptors (Lipinski definition) is 3. The molecule has 0 aliphatic rings. The largest absolute Gasteiger partial charge is 2.00 e. The fourth-order valence-corrected chi connectivity index (χ4v) is 2.16. The Labute approximate surface area is 177 Å². The van der Waals surface area contributed by atoms with Crippen LogP contribution in [-0.2, 0) is 17.1 Å². The minimum atomic E-state index is 0. The molecule has 134 valence electrons. The molecular formula is C20H17Cl2FeN3. The number of nitrogens with zero attached hydrogens (tertiary/aromatic N) is 3. The predicted molar refractivity (Wildman–Crippen MR) is 96.4 cm³/mol. The fraction of sp³-hybridized carbons (Fsp3) is 0.0500. The summed E-state index contributed by atoms with van der Waals surface area (Å²) in [4.78, 5) is 13.5. The monoisotopic (exact) mass is 425 g/mol. The van der Waals surface area contributed by atoms with Gasteiger partial charge in [-0.3, -0.25) is 9.98 Å². The summed E-state index contributed by atoms with van der Waals surface area (Å²) in [5, 5.41) is 0. The first-order chi connectivity index (χ1) is 11.3. The molecule has 0 atom stereocenters. The van der Waals surface area contributed by atoms with Crippen LogP contribution in [0.3, 0.4) is 0 Å². The number of pyridine rings is 1. The zero-order chi connectivity index (χ0) is 15.9. The van der Waals surface area contributed by atoms with Gasteiger partial charge in [-0.15, -0.1) is 0 Å². The number of aryl methyl sites for hydroxylation is 1. The first kappa shape index (κ1) is 24.0. The van der Waals surface area contributed by atoms with Crippen LogP contribution in [0.4, 0.5) is 11.4 Å². The van der Waals surface area contributed by atoms with Crippen LogP contribution in [0.2, 0.25) is 0 Å². The summed E-state index contributed by atoms with van der Waals surface area (Å²) < 4.78 is 0. The van der Waals surface area contributed by atoms with Crippen molar-refractivity contribution in [1.82, 2.24) is 4.98 Å². The normalized spacial score (nSPS) is 10.0. The van der Waals surface area contributed by atoms with E-state index in [1.165, 1.54) is 0 Å². The third kappa shape index (κ3) is 7.50. The second-order valence-electron chi connectivity index (χ2n) is 5.18. The molecule has 2 aromatic carbocycles. The van der Waals surface area contributed by atoms with E-state index >= 15 is 0 Å². The van der Waals surface area contributed by atoms with E-state index in [-0.39, 0.29) is 41.9 Å². The van der Waals surface area contributed by atoms with Gasteiger partial charge in [0.25, 0.3) is 0 Å². The van der Waals surface area contributed by atoms with Gasteiger partial charge in [0.1, 0.15) is 0 Å². The molecule has 0 aliphatic carbocycles. The molecule has 0 unspecified atom stereocenters. The molecule has 6 heteroatoms. The van der Waals surface area contributed by atoms with Crippen LogP contribution in [0.5, 0.6) is 0 Å². The second kappa shape index (κ2) is 12.4. The van der Waals surface area contributed by atoms with E-state index in [1.54, 1.807) is 12.4 Å². The number of rotatable bonds is 4. The van der Waals surface area contributed by atoms with E-state index in [4.69, 9.17) is 0 Å². The van der Waals surface area contributed by atoms with E-state index in [1.807, 2.05) is 79.7 Å². The Morgan fingerprint density at radius 2 is 1.08 bits per heavy atom. The standard InChI is InChI=1S/C20H17N3.2ClH.Fe/c1-16-12-19(14-21-17-8-4-2-5-9-17)23-20(13-16)15-22-18-10-6-3-7-11-18;;;/h2-15H,1H3;2*1H;/q;;;+2/p-2. The van der Waals surface area contributed by atoms with E-state index in [0.29, 0.717) is 0 Å². The number of hydrogen-bond donors (Lipinski definition) is 0. The first-order valence-electron chi connectivity index (χ1n) is 7.46. The molecule has 0 N–H and O–H groups in total. The van der Waals surface area contributed by atoms with Crippen molar-refractivity contribution in [3.05, 3.63) is 89.7 Å². The molecule has 0 bridgehead atoms. The van der Waals surface area contributed by atoms with Crippen molar-refractivity contribution >= 4 is 23.8 Å². The topological polar surface area (TPSA) is 37.6 Å². The maximum atomic E-state index is 4.57. The number of aromatic nitrogens is 1. The number of aliphatic imine (C=N–C) groups is 2. The fourth-order valence-electron chi connectivity index (χ4n) is 2.16. The van der Waals surface area contributed by atoms with Gasteiger partial charge in [-0.1, -0.05) is 36.4 Å². The molecule has 0 radical (unpaired) electrons. The smallest absolute Gasteiger partial charge is 1.00 e. The van der Waals surface area contributed by atoms with Crippen LogP contribution in [0.15, 0.2) is 82.8 Å². The molecule has 0 amide bonds. The first-order valence-corrected chi connectivity index (χ1v) is 7.46. The third-order valence-corrected chi connectivity index (χ3v) is 3.21. The van der Waals surface area contributed by atoms with E-state index < -0.39 is 0 Å². The molecule has 0 spiro atoms. The van der Waals surface area contributed by atoms with Gasteiger partial charge >= 0.3 is 17.1 Å². The molecule has 1 aromatic heterocycles. The summed E-state index contributed by atoms with van der Waals surface area (Å²) in [6.07, 6.45) is 3.56. The molecule has 1 heterocycles. The quantitative estimate of drug-likeness (QED) is 0.386. The van der Waals surface area contributed by atoms with Crippen molar-refractivity contribution in [2.45, 2.75) is 6.92 Å². The van der Waals surface area contributed by atoms with Gasteiger partial charge in [0.05, 0.1) is 35.2 Å². The summed E-state index contributed by atoms with van der Waals surface area (Å²) >= 11 is 0. The molecule has 0 saturated heterocycles. The second-order valence-corrected chi connectivity index (χ2v) is 5.18. The van der Waals surface area contributed by atoms with Gasteiger partial charge in [-0.2, -0.15) is 0 Å².